The summed E-state index contributed by atoms with van der Waals surface area (Å²) >= 11 is 1.35. The zero-order valence-corrected chi connectivity index (χ0v) is 17.9. The molecular formula is C25H19N5OS. The molecule has 0 saturated heterocycles. The number of nitrogens with one attached hydrogen (secondary N) is 1. The molecule has 0 aliphatic rings. The van der Waals surface area contributed by atoms with E-state index < -0.39 is 0 Å². The van der Waals surface area contributed by atoms with Crippen LogP contribution >= 0.6 is 11.8 Å². The molecule has 0 fully saturated rings. The first-order valence-corrected chi connectivity index (χ1v) is 11.1. The fraction of sp³-hybridized carbons (Fsp3) is 0.0400. The van der Waals surface area contributed by atoms with Gasteiger partial charge in [-0.1, -0.05) is 66.4 Å². The monoisotopic (exact) mass is 437 g/mol. The molecule has 5 rings (SSSR count). The number of rotatable bonds is 6. The standard InChI is InChI=1S/C25H19N5OS/c31-23(27-22-12-6-8-18-7-4-5-11-21(18)22)17-32-25-29-28-24(19-13-15-26-16-14-19)30(25)20-9-2-1-3-10-20/h1-16H,17H2,(H,27,31). The van der Waals surface area contributed by atoms with Gasteiger partial charge in [0, 0.05) is 34.7 Å². The quantitative estimate of drug-likeness (QED) is 0.369. The lowest BCUT2D eigenvalue weighted by molar-refractivity contribution is -0.113. The van der Waals surface area contributed by atoms with E-state index in [9.17, 15) is 4.79 Å². The lowest BCUT2D eigenvalue weighted by Crippen LogP contribution is -2.14. The molecule has 3 aromatic carbocycles. The van der Waals surface area contributed by atoms with Crippen LogP contribution in [-0.2, 0) is 4.79 Å². The van der Waals surface area contributed by atoms with Crippen molar-refractivity contribution in [3.8, 4) is 17.1 Å². The van der Waals surface area contributed by atoms with Gasteiger partial charge in [0.25, 0.3) is 0 Å². The van der Waals surface area contributed by atoms with Crippen molar-refractivity contribution in [3.05, 3.63) is 97.3 Å². The Morgan fingerprint density at radius 3 is 2.44 bits per heavy atom. The van der Waals surface area contributed by atoms with E-state index >= 15 is 0 Å². The highest BCUT2D eigenvalue weighted by atomic mass is 32.2. The zero-order valence-electron chi connectivity index (χ0n) is 17.1. The molecule has 0 aliphatic carbocycles. The van der Waals surface area contributed by atoms with Gasteiger partial charge in [0.05, 0.1) is 5.75 Å². The summed E-state index contributed by atoms with van der Waals surface area (Å²) in [5.41, 5.74) is 2.64. The van der Waals surface area contributed by atoms with Crippen LogP contribution in [0.3, 0.4) is 0 Å². The fourth-order valence-electron chi connectivity index (χ4n) is 3.51. The summed E-state index contributed by atoms with van der Waals surface area (Å²) in [6.45, 7) is 0. The van der Waals surface area contributed by atoms with Gasteiger partial charge < -0.3 is 5.32 Å². The van der Waals surface area contributed by atoms with Crippen LogP contribution in [0.5, 0.6) is 0 Å². The number of thioether (sulfide) groups is 1. The van der Waals surface area contributed by atoms with Crippen molar-refractivity contribution in [2.45, 2.75) is 5.16 Å². The third-order valence-corrected chi connectivity index (χ3v) is 5.91. The lowest BCUT2D eigenvalue weighted by Gasteiger charge is -2.11. The minimum Gasteiger partial charge on any atom is -0.325 e. The van der Waals surface area contributed by atoms with Gasteiger partial charge in [0.1, 0.15) is 0 Å². The van der Waals surface area contributed by atoms with E-state index in [4.69, 9.17) is 0 Å². The number of carbonyl (C=O) groups excluding carboxylic acids is 1. The van der Waals surface area contributed by atoms with Crippen molar-refractivity contribution in [1.29, 1.82) is 0 Å². The number of benzene rings is 3. The van der Waals surface area contributed by atoms with Gasteiger partial charge in [-0.05, 0) is 35.7 Å². The molecule has 2 aromatic heterocycles. The Hall–Kier alpha value is -3.97. The molecule has 156 valence electrons. The minimum atomic E-state index is -0.0978. The molecule has 0 bridgehead atoms. The molecule has 32 heavy (non-hydrogen) atoms. The van der Waals surface area contributed by atoms with Gasteiger partial charge >= 0.3 is 0 Å². The number of hydrogen-bond acceptors (Lipinski definition) is 5. The molecule has 0 unspecified atom stereocenters. The first-order valence-electron chi connectivity index (χ1n) is 10.1. The Morgan fingerprint density at radius 1 is 0.844 bits per heavy atom. The molecule has 0 aliphatic heterocycles. The molecule has 1 amide bonds. The van der Waals surface area contributed by atoms with Gasteiger partial charge in [0.2, 0.25) is 5.91 Å². The number of carbonyl (C=O) groups is 1. The number of aromatic nitrogens is 4. The van der Waals surface area contributed by atoms with Crippen molar-refractivity contribution >= 4 is 34.1 Å². The summed E-state index contributed by atoms with van der Waals surface area (Å²) in [6, 6.07) is 27.5. The van der Waals surface area contributed by atoms with Gasteiger partial charge in [-0.15, -0.1) is 10.2 Å². The van der Waals surface area contributed by atoms with E-state index in [1.54, 1.807) is 12.4 Å². The normalized spacial score (nSPS) is 10.9. The maximum Gasteiger partial charge on any atom is 0.234 e. The fourth-order valence-corrected chi connectivity index (χ4v) is 4.26. The first-order chi connectivity index (χ1) is 15.8. The summed E-state index contributed by atoms with van der Waals surface area (Å²) in [7, 11) is 0. The predicted molar refractivity (Wildman–Crippen MR) is 128 cm³/mol. The Balaban J connectivity index is 1.40. The van der Waals surface area contributed by atoms with Crippen LogP contribution in [0.25, 0.3) is 27.8 Å². The van der Waals surface area contributed by atoms with Crippen molar-refractivity contribution in [3.63, 3.8) is 0 Å². The van der Waals surface area contributed by atoms with Gasteiger partial charge in [0.15, 0.2) is 11.0 Å². The number of pyridine rings is 1. The number of amides is 1. The van der Waals surface area contributed by atoms with E-state index in [1.165, 1.54) is 11.8 Å². The van der Waals surface area contributed by atoms with Gasteiger partial charge in [-0.25, -0.2) is 0 Å². The second kappa shape index (κ2) is 9.03. The number of nitrogens with zero attached hydrogens (tertiary/aromatic N) is 4. The SMILES string of the molecule is O=C(CSc1nnc(-c2ccncc2)n1-c1ccccc1)Nc1cccc2ccccc12. The summed E-state index contributed by atoms with van der Waals surface area (Å²) in [5.74, 6) is 0.819. The maximum absolute atomic E-state index is 12.8. The van der Waals surface area contributed by atoms with Crippen LogP contribution in [-0.4, -0.2) is 31.4 Å². The minimum absolute atomic E-state index is 0.0978. The highest BCUT2D eigenvalue weighted by Crippen LogP contribution is 2.28. The van der Waals surface area contributed by atoms with Crippen molar-refractivity contribution < 1.29 is 4.79 Å². The van der Waals surface area contributed by atoms with E-state index in [1.807, 2.05) is 89.5 Å². The van der Waals surface area contributed by atoms with E-state index in [-0.39, 0.29) is 11.7 Å². The third-order valence-electron chi connectivity index (χ3n) is 4.98. The van der Waals surface area contributed by atoms with Crippen LogP contribution < -0.4 is 5.32 Å². The number of anilines is 1. The molecule has 0 saturated carbocycles. The summed E-state index contributed by atoms with van der Waals surface area (Å²) in [6.07, 6.45) is 3.45. The Kier molecular flexibility index (Phi) is 5.63. The summed E-state index contributed by atoms with van der Waals surface area (Å²) < 4.78 is 1.96. The number of hydrogen-bond donors (Lipinski definition) is 1. The molecule has 2 heterocycles. The maximum atomic E-state index is 12.8. The average molecular weight is 438 g/mol. The highest BCUT2D eigenvalue weighted by molar-refractivity contribution is 7.99. The Bertz CT molecular complexity index is 1360. The van der Waals surface area contributed by atoms with E-state index in [2.05, 4.69) is 20.5 Å². The molecule has 6 nitrogen and oxygen atoms in total. The predicted octanol–water partition coefficient (Wildman–Crippen LogP) is 5.21. The van der Waals surface area contributed by atoms with E-state index in [0.29, 0.717) is 11.0 Å². The summed E-state index contributed by atoms with van der Waals surface area (Å²) in [5, 5.41) is 14.5. The molecule has 0 spiro atoms. The Labute approximate surface area is 189 Å². The molecule has 5 aromatic rings. The first kappa shape index (κ1) is 20.0. The van der Waals surface area contributed by atoms with Crippen molar-refractivity contribution in [2.75, 3.05) is 11.1 Å². The third kappa shape index (κ3) is 4.10. The van der Waals surface area contributed by atoms with Crippen LogP contribution in [0.4, 0.5) is 5.69 Å². The lowest BCUT2D eigenvalue weighted by atomic mass is 10.1. The second-order valence-electron chi connectivity index (χ2n) is 7.08. The van der Waals surface area contributed by atoms with Gasteiger partial charge in [-0.3, -0.25) is 14.3 Å². The Morgan fingerprint density at radius 2 is 1.59 bits per heavy atom. The second-order valence-corrected chi connectivity index (χ2v) is 8.02. The highest BCUT2D eigenvalue weighted by Gasteiger charge is 2.17. The zero-order chi connectivity index (χ0) is 21.8. The smallest absolute Gasteiger partial charge is 0.234 e. The van der Waals surface area contributed by atoms with E-state index in [0.717, 1.165) is 27.7 Å². The topological polar surface area (TPSA) is 72.7 Å². The molecule has 1 N–H and O–H groups in total. The number of para-hydroxylation sites is 1. The number of fused-ring (bicyclic) bond motifs is 1. The largest absolute Gasteiger partial charge is 0.325 e. The molecule has 0 atom stereocenters. The van der Waals surface area contributed by atoms with Crippen molar-refractivity contribution in [2.24, 2.45) is 0 Å². The molecular weight excluding hydrogens is 418 g/mol. The summed E-state index contributed by atoms with van der Waals surface area (Å²) in [4.78, 5) is 16.8. The molecule has 0 radical (unpaired) electrons. The van der Waals surface area contributed by atoms with Gasteiger partial charge in [-0.2, -0.15) is 0 Å². The molecule has 7 heteroatoms. The average Bonchev–Trinajstić information content (AvgIpc) is 3.28. The van der Waals surface area contributed by atoms with Crippen molar-refractivity contribution in [1.82, 2.24) is 19.7 Å². The van der Waals surface area contributed by atoms with Crippen LogP contribution in [0.15, 0.2) is 102 Å². The van der Waals surface area contributed by atoms with Crippen LogP contribution in [0.1, 0.15) is 0 Å². The van der Waals surface area contributed by atoms with Crippen LogP contribution in [0, 0.1) is 0 Å². The van der Waals surface area contributed by atoms with Crippen LogP contribution in [0.2, 0.25) is 0 Å².